The number of benzene rings is 1. The molecule has 126 valence electrons. The molecule has 6 heteroatoms. The molecule has 0 radical (unpaired) electrons. The lowest BCUT2D eigenvalue weighted by Crippen LogP contribution is -2.34. The molecule has 1 aromatic carbocycles. The third-order valence-electron chi connectivity index (χ3n) is 3.49. The number of rotatable bonds is 6. The number of aromatic carboxylic acids is 1. The second-order valence-electron chi connectivity index (χ2n) is 5.60. The Hall–Kier alpha value is -2.89. The molecule has 2 aromatic rings. The Bertz CT molecular complexity index is 758. The van der Waals surface area contributed by atoms with Crippen LogP contribution >= 0.6 is 0 Å². The van der Waals surface area contributed by atoms with Crippen LogP contribution in [0.15, 0.2) is 36.4 Å². The summed E-state index contributed by atoms with van der Waals surface area (Å²) >= 11 is 0. The summed E-state index contributed by atoms with van der Waals surface area (Å²) < 4.78 is 5.06. The van der Waals surface area contributed by atoms with Crippen LogP contribution in [-0.4, -0.2) is 35.1 Å². The number of carboxylic acids is 1. The van der Waals surface area contributed by atoms with Gasteiger partial charge in [-0.1, -0.05) is 6.07 Å². The van der Waals surface area contributed by atoms with Gasteiger partial charge in [0.25, 0.3) is 5.91 Å². The zero-order valence-corrected chi connectivity index (χ0v) is 13.9. The van der Waals surface area contributed by atoms with Crippen LogP contribution in [0.2, 0.25) is 0 Å². The Morgan fingerprint density at radius 3 is 2.58 bits per heavy atom. The molecule has 0 aliphatic carbocycles. The maximum Gasteiger partial charge on any atom is 0.335 e. The minimum atomic E-state index is -1.11. The normalized spacial score (nSPS) is 11.6. The summed E-state index contributed by atoms with van der Waals surface area (Å²) in [5.74, 6) is -1.13. The number of carbonyl (C=O) groups excluding carboxylic acids is 1. The number of hydrogen-bond donors (Lipinski definition) is 2. The fourth-order valence-corrected chi connectivity index (χ4v) is 2.36. The van der Waals surface area contributed by atoms with Gasteiger partial charge in [0.05, 0.1) is 12.7 Å². The Kier molecular flexibility index (Phi) is 5.52. The van der Waals surface area contributed by atoms with Gasteiger partial charge in [-0.25, -0.2) is 4.79 Å². The van der Waals surface area contributed by atoms with Crippen molar-refractivity contribution in [3.05, 3.63) is 58.9 Å². The van der Waals surface area contributed by atoms with E-state index in [0.29, 0.717) is 12.2 Å². The SMILES string of the molecule is COc1cc(C(=O)O)cc(C(=O)NC(C)Cc2cccc(C)n2)c1. The summed E-state index contributed by atoms with van der Waals surface area (Å²) in [4.78, 5) is 27.9. The quantitative estimate of drug-likeness (QED) is 0.850. The maximum atomic E-state index is 12.4. The molecule has 6 nitrogen and oxygen atoms in total. The third-order valence-corrected chi connectivity index (χ3v) is 3.49. The van der Waals surface area contributed by atoms with Gasteiger partial charge in [0, 0.05) is 29.4 Å². The monoisotopic (exact) mass is 328 g/mol. The lowest BCUT2D eigenvalue weighted by molar-refractivity contribution is 0.0696. The van der Waals surface area contributed by atoms with Crippen LogP contribution in [0, 0.1) is 6.92 Å². The van der Waals surface area contributed by atoms with E-state index in [1.165, 1.54) is 25.3 Å². The molecular weight excluding hydrogens is 308 g/mol. The van der Waals surface area contributed by atoms with Crippen LogP contribution in [0.3, 0.4) is 0 Å². The first-order valence-electron chi connectivity index (χ1n) is 7.55. The molecule has 1 amide bonds. The van der Waals surface area contributed by atoms with Gasteiger partial charge in [0.15, 0.2) is 0 Å². The number of carbonyl (C=O) groups is 2. The second-order valence-corrected chi connectivity index (χ2v) is 5.60. The maximum absolute atomic E-state index is 12.4. The van der Waals surface area contributed by atoms with E-state index in [1.807, 2.05) is 32.0 Å². The molecule has 0 saturated heterocycles. The van der Waals surface area contributed by atoms with E-state index in [9.17, 15) is 9.59 Å². The minimum absolute atomic E-state index is 0.00695. The highest BCUT2D eigenvalue weighted by molar-refractivity contribution is 5.98. The molecule has 24 heavy (non-hydrogen) atoms. The molecule has 1 aromatic heterocycles. The predicted molar refractivity (Wildman–Crippen MR) is 89.6 cm³/mol. The van der Waals surface area contributed by atoms with Crippen LogP contribution < -0.4 is 10.1 Å². The molecule has 0 aliphatic rings. The third kappa shape index (κ3) is 4.55. The van der Waals surface area contributed by atoms with Gasteiger partial charge in [-0.2, -0.15) is 0 Å². The number of amides is 1. The largest absolute Gasteiger partial charge is 0.497 e. The molecule has 0 aliphatic heterocycles. The first-order chi connectivity index (χ1) is 11.4. The van der Waals surface area contributed by atoms with Gasteiger partial charge in [-0.15, -0.1) is 0 Å². The number of ether oxygens (including phenoxy) is 1. The van der Waals surface area contributed by atoms with Crippen LogP contribution in [-0.2, 0) is 6.42 Å². The van der Waals surface area contributed by atoms with Gasteiger partial charge in [-0.3, -0.25) is 9.78 Å². The number of methoxy groups -OCH3 is 1. The van der Waals surface area contributed by atoms with Crippen LogP contribution in [0.4, 0.5) is 0 Å². The van der Waals surface area contributed by atoms with E-state index < -0.39 is 5.97 Å². The highest BCUT2D eigenvalue weighted by Gasteiger charge is 2.15. The molecule has 1 unspecified atom stereocenters. The van der Waals surface area contributed by atoms with Crippen molar-refractivity contribution in [2.75, 3.05) is 7.11 Å². The topological polar surface area (TPSA) is 88.5 Å². The summed E-state index contributed by atoms with van der Waals surface area (Å²) in [5.41, 5.74) is 2.06. The highest BCUT2D eigenvalue weighted by Crippen LogP contribution is 2.17. The van der Waals surface area contributed by atoms with E-state index >= 15 is 0 Å². The first kappa shape index (κ1) is 17.5. The Balaban J connectivity index is 2.11. The predicted octanol–water partition coefficient (Wildman–Crippen LogP) is 2.46. The van der Waals surface area contributed by atoms with Crippen molar-refractivity contribution in [3.8, 4) is 5.75 Å². The number of aryl methyl sites for hydroxylation is 1. The smallest absolute Gasteiger partial charge is 0.335 e. The summed E-state index contributed by atoms with van der Waals surface area (Å²) in [7, 11) is 1.43. The molecule has 2 N–H and O–H groups in total. The Morgan fingerprint density at radius 2 is 1.96 bits per heavy atom. The zero-order chi connectivity index (χ0) is 17.7. The molecule has 1 atom stereocenters. The van der Waals surface area contributed by atoms with Crippen molar-refractivity contribution in [1.29, 1.82) is 0 Å². The number of hydrogen-bond acceptors (Lipinski definition) is 4. The second kappa shape index (κ2) is 7.59. The summed E-state index contributed by atoms with van der Waals surface area (Å²) in [6, 6.07) is 9.82. The molecule has 0 fully saturated rings. The van der Waals surface area contributed by atoms with E-state index in [-0.39, 0.29) is 23.1 Å². The average molecular weight is 328 g/mol. The van der Waals surface area contributed by atoms with Crippen LogP contribution in [0.1, 0.15) is 39.0 Å². The molecule has 0 spiro atoms. The Morgan fingerprint density at radius 1 is 1.25 bits per heavy atom. The van der Waals surface area contributed by atoms with Gasteiger partial charge in [0.1, 0.15) is 5.75 Å². The lowest BCUT2D eigenvalue weighted by atomic mass is 10.1. The number of nitrogens with one attached hydrogen (secondary N) is 1. The number of aromatic nitrogens is 1. The minimum Gasteiger partial charge on any atom is -0.497 e. The van der Waals surface area contributed by atoms with Gasteiger partial charge >= 0.3 is 5.97 Å². The van der Waals surface area contributed by atoms with Gasteiger partial charge in [0.2, 0.25) is 0 Å². The number of carboxylic acid groups (broad SMARTS) is 1. The van der Waals surface area contributed by atoms with Crippen molar-refractivity contribution >= 4 is 11.9 Å². The first-order valence-corrected chi connectivity index (χ1v) is 7.55. The highest BCUT2D eigenvalue weighted by atomic mass is 16.5. The number of pyridine rings is 1. The van der Waals surface area contributed by atoms with Crippen molar-refractivity contribution in [1.82, 2.24) is 10.3 Å². The average Bonchev–Trinajstić information content (AvgIpc) is 2.54. The van der Waals surface area contributed by atoms with Crippen molar-refractivity contribution in [2.24, 2.45) is 0 Å². The van der Waals surface area contributed by atoms with E-state index in [4.69, 9.17) is 9.84 Å². The molecule has 0 bridgehead atoms. The van der Waals surface area contributed by atoms with Crippen molar-refractivity contribution in [2.45, 2.75) is 26.3 Å². The van der Waals surface area contributed by atoms with Crippen molar-refractivity contribution < 1.29 is 19.4 Å². The van der Waals surface area contributed by atoms with Crippen LogP contribution in [0.5, 0.6) is 5.75 Å². The molecule has 0 saturated carbocycles. The van der Waals surface area contributed by atoms with E-state index in [0.717, 1.165) is 11.4 Å². The van der Waals surface area contributed by atoms with Crippen molar-refractivity contribution in [3.63, 3.8) is 0 Å². The van der Waals surface area contributed by atoms with E-state index in [1.54, 1.807) is 0 Å². The standard InChI is InChI=1S/C18H20N2O4/c1-11-5-4-6-15(19-11)7-12(2)20-17(21)13-8-14(18(22)23)10-16(9-13)24-3/h4-6,8-10,12H,7H2,1-3H3,(H,20,21)(H,22,23). The summed E-state index contributed by atoms with van der Waals surface area (Å²) in [6.07, 6.45) is 0.586. The van der Waals surface area contributed by atoms with E-state index in [2.05, 4.69) is 10.3 Å². The fraction of sp³-hybridized carbons (Fsp3) is 0.278. The Labute approximate surface area is 140 Å². The molecular formula is C18H20N2O4. The molecule has 1 heterocycles. The fourth-order valence-electron chi connectivity index (χ4n) is 2.36. The summed E-state index contributed by atoms with van der Waals surface area (Å²) in [5, 5.41) is 12.0. The number of nitrogens with zero attached hydrogens (tertiary/aromatic N) is 1. The summed E-state index contributed by atoms with van der Waals surface area (Å²) in [6.45, 7) is 3.79. The zero-order valence-electron chi connectivity index (χ0n) is 13.9. The van der Waals surface area contributed by atoms with Gasteiger partial charge < -0.3 is 15.2 Å². The van der Waals surface area contributed by atoms with Crippen LogP contribution in [0.25, 0.3) is 0 Å². The molecule has 2 rings (SSSR count). The van der Waals surface area contributed by atoms with Gasteiger partial charge in [-0.05, 0) is 44.2 Å². The lowest BCUT2D eigenvalue weighted by Gasteiger charge is -2.14.